The highest BCUT2D eigenvalue weighted by atomic mass is 19.1. The van der Waals surface area contributed by atoms with Crippen LogP contribution in [0.5, 0.6) is 0 Å². The fraction of sp³-hybridized carbons (Fsp3) is 0.611. The molecule has 1 amide bonds. The number of fused-ring (bicyclic) bond motifs is 1. The Balaban J connectivity index is 1.61. The number of amides is 1. The molecular formula is C18H25FN2O2. The molecule has 3 rings (SSSR count). The molecule has 0 spiro atoms. The number of benzene rings is 1. The standard InChI is InChI=1S/C18H25FN2O2/c1-18(2,3)23-17(22)20-9-7-15(8-10-20)21-11-6-13-4-5-14(19)12-16(13)21/h4-5,12,15H,6-11H2,1-3H3. The second-order valence-corrected chi connectivity index (χ2v) is 7.41. The zero-order valence-corrected chi connectivity index (χ0v) is 14.1. The van der Waals surface area contributed by atoms with Crippen LogP contribution in [0.15, 0.2) is 18.2 Å². The summed E-state index contributed by atoms with van der Waals surface area (Å²) in [6.45, 7) is 7.98. The van der Waals surface area contributed by atoms with Gasteiger partial charge in [-0.05, 0) is 57.7 Å². The first-order valence-corrected chi connectivity index (χ1v) is 8.36. The summed E-state index contributed by atoms with van der Waals surface area (Å²) in [7, 11) is 0. The highest BCUT2D eigenvalue weighted by molar-refractivity contribution is 5.68. The second-order valence-electron chi connectivity index (χ2n) is 7.41. The summed E-state index contributed by atoms with van der Waals surface area (Å²) in [5.74, 6) is -0.179. The van der Waals surface area contributed by atoms with Crippen molar-refractivity contribution in [3.63, 3.8) is 0 Å². The zero-order valence-electron chi connectivity index (χ0n) is 14.1. The van der Waals surface area contributed by atoms with E-state index in [1.807, 2.05) is 26.8 Å². The van der Waals surface area contributed by atoms with Gasteiger partial charge in [-0.25, -0.2) is 9.18 Å². The van der Waals surface area contributed by atoms with E-state index in [2.05, 4.69) is 4.90 Å². The van der Waals surface area contributed by atoms with Crippen molar-refractivity contribution in [1.82, 2.24) is 4.90 Å². The Labute approximate surface area is 137 Å². The molecule has 0 aromatic heterocycles. The van der Waals surface area contributed by atoms with E-state index < -0.39 is 5.60 Å². The molecule has 0 aliphatic carbocycles. The van der Waals surface area contributed by atoms with Crippen molar-refractivity contribution in [3.8, 4) is 0 Å². The molecule has 23 heavy (non-hydrogen) atoms. The second kappa shape index (κ2) is 6.02. The van der Waals surface area contributed by atoms with E-state index in [9.17, 15) is 9.18 Å². The zero-order chi connectivity index (χ0) is 16.6. The number of piperidine rings is 1. The van der Waals surface area contributed by atoms with Crippen LogP contribution in [0.3, 0.4) is 0 Å². The Bertz CT molecular complexity index is 589. The largest absolute Gasteiger partial charge is 0.444 e. The molecule has 126 valence electrons. The fourth-order valence-corrected chi connectivity index (χ4v) is 3.44. The molecule has 1 fully saturated rings. The first kappa shape index (κ1) is 16.1. The normalized spacial score (nSPS) is 19.0. The predicted molar refractivity (Wildman–Crippen MR) is 88.3 cm³/mol. The van der Waals surface area contributed by atoms with Crippen molar-refractivity contribution in [2.24, 2.45) is 0 Å². The molecule has 2 aliphatic rings. The lowest BCUT2D eigenvalue weighted by atomic mass is 10.0. The average Bonchev–Trinajstić information content (AvgIpc) is 2.88. The first-order valence-electron chi connectivity index (χ1n) is 8.36. The van der Waals surface area contributed by atoms with Crippen LogP contribution in [0.25, 0.3) is 0 Å². The van der Waals surface area contributed by atoms with Crippen LogP contribution in [-0.4, -0.2) is 42.3 Å². The lowest BCUT2D eigenvalue weighted by Gasteiger charge is -2.38. The predicted octanol–water partition coefficient (Wildman–Crippen LogP) is 3.59. The maximum atomic E-state index is 13.5. The number of nitrogens with zero attached hydrogens (tertiary/aromatic N) is 2. The Morgan fingerprint density at radius 2 is 1.91 bits per heavy atom. The van der Waals surface area contributed by atoms with Crippen molar-refractivity contribution >= 4 is 11.8 Å². The molecule has 4 nitrogen and oxygen atoms in total. The van der Waals surface area contributed by atoms with Crippen molar-refractivity contribution in [3.05, 3.63) is 29.6 Å². The number of hydrogen-bond donors (Lipinski definition) is 0. The summed E-state index contributed by atoms with van der Waals surface area (Å²) in [5, 5.41) is 0. The lowest BCUT2D eigenvalue weighted by molar-refractivity contribution is 0.0205. The van der Waals surface area contributed by atoms with Crippen LogP contribution in [0.1, 0.15) is 39.2 Å². The van der Waals surface area contributed by atoms with Gasteiger partial charge in [0.1, 0.15) is 11.4 Å². The van der Waals surface area contributed by atoms with Gasteiger partial charge in [0.2, 0.25) is 0 Å². The van der Waals surface area contributed by atoms with Gasteiger partial charge in [0.05, 0.1) is 0 Å². The van der Waals surface area contributed by atoms with E-state index >= 15 is 0 Å². The minimum Gasteiger partial charge on any atom is -0.444 e. The van der Waals surface area contributed by atoms with Gasteiger partial charge in [0, 0.05) is 31.4 Å². The van der Waals surface area contributed by atoms with Crippen molar-refractivity contribution in [1.29, 1.82) is 0 Å². The van der Waals surface area contributed by atoms with Gasteiger partial charge in [-0.3, -0.25) is 0 Å². The van der Waals surface area contributed by atoms with Crippen LogP contribution in [0, 0.1) is 5.82 Å². The van der Waals surface area contributed by atoms with Gasteiger partial charge in [0.15, 0.2) is 0 Å². The minimum atomic E-state index is -0.459. The molecule has 2 heterocycles. The smallest absolute Gasteiger partial charge is 0.410 e. The van der Waals surface area contributed by atoms with Crippen LogP contribution >= 0.6 is 0 Å². The van der Waals surface area contributed by atoms with E-state index in [-0.39, 0.29) is 11.9 Å². The summed E-state index contributed by atoms with van der Waals surface area (Å²) in [6, 6.07) is 5.44. The van der Waals surface area contributed by atoms with E-state index in [4.69, 9.17) is 4.74 Å². The molecule has 1 aromatic rings. The van der Waals surface area contributed by atoms with Gasteiger partial charge in [-0.2, -0.15) is 0 Å². The Morgan fingerprint density at radius 1 is 1.22 bits per heavy atom. The highest BCUT2D eigenvalue weighted by Gasteiger charge is 2.32. The summed E-state index contributed by atoms with van der Waals surface area (Å²) in [5.41, 5.74) is 1.79. The monoisotopic (exact) mass is 320 g/mol. The molecular weight excluding hydrogens is 295 g/mol. The van der Waals surface area contributed by atoms with Crippen molar-refractivity contribution in [2.45, 2.75) is 51.7 Å². The molecule has 1 saturated heterocycles. The van der Waals surface area contributed by atoms with E-state index in [1.165, 1.54) is 11.6 Å². The maximum Gasteiger partial charge on any atom is 0.410 e. The summed E-state index contributed by atoms with van der Waals surface area (Å²) in [4.78, 5) is 16.2. The number of ether oxygens (including phenoxy) is 1. The number of halogens is 1. The molecule has 0 radical (unpaired) electrons. The third-order valence-corrected chi connectivity index (χ3v) is 4.54. The quantitative estimate of drug-likeness (QED) is 0.793. The molecule has 5 heteroatoms. The number of anilines is 1. The number of likely N-dealkylation sites (tertiary alicyclic amines) is 1. The average molecular weight is 320 g/mol. The molecule has 0 N–H and O–H groups in total. The minimum absolute atomic E-state index is 0.179. The van der Waals surface area contributed by atoms with Gasteiger partial charge < -0.3 is 14.5 Å². The third-order valence-electron chi connectivity index (χ3n) is 4.54. The molecule has 2 aliphatic heterocycles. The van der Waals surface area contributed by atoms with Crippen LogP contribution in [-0.2, 0) is 11.2 Å². The van der Waals surface area contributed by atoms with Crippen molar-refractivity contribution < 1.29 is 13.9 Å². The van der Waals surface area contributed by atoms with Gasteiger partial charge >= 0.3 is 6.09 Å². The van der Waals surface area contributed by atoms with E-state index in [0.717, 1.165) is 31.5 Å². The van der Waals surface area contributed by atoms with Gasteiger partial charge in [0.25, 0.3) is 0 Å². The summed E-state index contributed by atoms with van der Waals surface area (Å²) in [6.07, 6.45) is 2.54. The van der Waals surface area contributed by atoms with E-state index in [1.54, 1.807) is 11.0 Å². The van der Waals surface area contributed by atoms with Crippen LogP contribution in [0.4, 0.5) is 14.9 Å². The maximum absolute atomic E-state index is 13.5. The Kier molecular flexibility index (Phi) is 4.21. The number of rotatable bonds is 1. The summed E-state index contributed by atoms with van der Waals surface area (Å²) >= 11 is 0. The first-order chi connectivity index (χ1) is 10.8. The molecule has 1 aromatic carbocycles. The Morgan fingerprint density at radius 3 is 2.57 bits per heavy atom. The number of carbonyl (C=O) groups excluding carboxylic acids is 1. The number of carbonyl (C=O) groups is 1. The van der Waals surface area contributed by atoms with Gasteiger partial charge in [-0.1, -0.05) is 6.07 Å². The highest BCUT2D eigenvalue weighted by Crippen LogP contribution is 2.33. The summed E-state index contributed by atoms with van der Waals surface area (Å²) < 4.78 is 19.0. The van der Waals surface area contributed by atoms with Gasteiger partial charge in [-0.15, -0.1) is 0 Å². The van der Waals surface area contributed by atoms with Crippen LogP contribution in [0.2, 0.25) is 0 Å². The molecule has 0 saturated carbocycles. The molecule has 0 unspecified atom stereocenters. The molecule has 0 bridgehead atoms. The van der Waals surface area contributed by atoms with Crippen LogP contribution < -0.4 is 4.90 Å². The third kappa shape index (κ3) is 3.59. The SMILES string of the molecule is CC(C)(C)OC(=O)N1CCC(N2CCc3ccc(F)cc32)CC1. The topological polar surface area (TPSA) is 32.8 Å². The number of hydrogen-bond acceptors (Lipinski definition) is 3. The lowest BCUT2D eigenvalue weighted by Crippen LogP contribution is -2.47. The Hall–Kier alpha value is -1.78. The fourth-order valence-electron chi connectivity index (χ4n) is 3.44. The molecule has 0 atom stereocenters. The van der Waals surface area contributed by atoms with Crippen molar-refractivity contribution in [2.75, 3.05) is 24.5 Å². The van der Waals surface area contributed by atoms with E-state index in [0.29, 0.717) is 19.1 Å².